The molecule has 200 valence electrons. The summed E-state index contributed by atoms with van der Waals surface area (Å²) < 4.78 is 11.4. The number of amides is 1. The van der Waals surface area contributed by atoms with Crippen LogP contribution in [-0.2, 0) is 27.4 Å². The molecule has 2 atom stereocenters. The van der Waals surface area contributed by atoms with E-state index >= 15 is 0 Å². The first-order valence-electron chi connectivity index (χ1n) is 13.1. The molecule has 1 aromatic heterocycles. The van der Waals surface area contributed by atoms with Gasteiger partial charge in [-0.2, -0.15) is 0 Å². The molecule has 2 heterocycles. The van der Waals surface area contributed by atoms with Gasteiger partial charge in [-0.15, -0.1) is 0 Å². The molecule has 0 bridgehead atoms. The summed E-state index contributed by atoms with van der Waals surface area (Å²) >= 11 is 0. The van der Waals surface area contributed by atoms with Gasteiger partial charge in [-0.3, -0.25) is 14.8 Å². The van der Waals surface area contributed by atoms with Crippen LogP contribution < -0.4 is 15.1 Å². The summed E-state index contributed by atoms with van der Waals surface area (Å²) in [6.07, 6.45) is 0.703. The van der Waals surface area contributed by atoms with E-state index in [0.717, 1.165) is 54.0 Å². The molecule has 3 aromatic rings. The Morgan fingerprint density at radius 1 is 1.11 bits per heavy atom. The summed E-state index contributed by atoms with van der Waals surface area (Å²) in [6, 6.07) is 17.8. The van der Waals surface area contributed by atoms with Gasteiger partial charge in [-0.05, 0) is 56.6 Å². The van der Waals surface area contributed by atoms with Gasteiger partial charge in [-0.25, -0.2) is 10.5 Å². The first-order valence-corrected chi connectivity index (χ1v) is 13.1. The lowest BCUT2D eigenvalue weighted by Gasteiger charge is -2.33. The van der Waals surface area contributed by atoms with Gasteiger partial charge in [-0.1, -0.05) is 30.3 Å². The zero-order valence-corrected chi connectivity index (χ0v) is 21.9. The predicted molar refractivity (Wildman–Crippen MR) is 143 cm³/mol. The highest BCUT2D eigenvalue weighted by atomic mass is 16.5. The van der Waals surface area contributed by atoms with Crippen molar-refractivity contribution >= 4 is 28.6 Å². The summed E-state index contributed by atoms with van der Waals surface area (Å²) in [6.45, 7) is 6.28. The van der Waals surface area contributed by atoms with Crippen molar-refractivity contribution in [3.05, 3.63) is 65.7 Å². The van der Waals surface area contributed by atoms with Crippen molar-refractivity contribution in [3.8, 4) is 5.75 Å². The Balaban J connectivity index is 1.29. The maximum Gasteiger partial charge on any atom is 0.313 e. The molecule has 1 amide bonds. The highest BCUT2D eigenvalue weighted by molar-refractivity contribution is 5.93. The molecule has 2 aromatic carbocycles. The van der Waals surface area contributed by atoms with Crippen molar-refractivity contribution < 1.29 is 24.3 Å². The van der Waals surface area contributed by atoms with Gasteiger partial charge in [0.15, 0.2) is 0 Å². The minimum atomic E-state index is -0.944. The van der Waals surface area contributed by atoms with Crippen LogP contribution >= 0.6 is 0 Å². The lowest BCUT2D eigenvalue weighted by Crippen LogP contribution is -2.44. The average molecular weight is 519 g/mol. The smallest absolute Gasteiger partial charge is 0.313 e. The molecule has 1 saturated carbocycles. The van der Waals surface area contributed by atoms with Crippen molar-refractivity contribution in [2.75, 3.05) is 44.7 Å². The number of hydrogen-bond acceptors (Lipinski definition) is 8. The predicted octanol–water partition coefficient (Wildman–Crippen LogP) is 3.18. The molecular formula is C29H34N4O5. The van der Waals surface area contributed by atoms with Crippen LogP contribution in [0.1, 0.15) is 24.5 Å². The summed E-state index contributed by atoms with van der Waals surface area (Å²) in [4.78, 5) is 34.2. The molecule has 2 aliphatic rings. The molecular weight excluding hydrogens is 484 g/mol. The van der Waals surface area contributed by atoms with Crippen molar-refractivity contribution in [1.82, 2.24) is 15.4 Å². The van der Waals surface area contributed by atoms with Crippen LogP contribution in [0, 0.1) is 11.3 Å². The largest absolute Gasteiger partial charge is 0.489 e. The topological polar surface area (TPSA) is 104 Å². The minimum Gasteiger partial charge on any atom is -0.489 e. The number of nitrogens with zero attached hydrogens (tertiary/aromatic N) is 3. The van der Waals surface area contributed by atoms with E-state index in [-0.39, 0.29) is 6.61 Å². The minimum absolute atomic E-state index is 0.237. The van der Waals surface area contributed by atoms with Crippen LogP contribution in [0.5, 0.6) is 5.75 Å². The maximum absolute atomic E-state index is 12.6. The number of piperazine rings is 1. The number of ether oxygens (including phenoxy) is 2. The number of nitrogens with one attached hydrogen (secondary N) is 1. The van der Waals surface area contributed by atoms with Crippen LogP contribution in [0.25, 0.3) is 10.9 Å². The third-order valence-electron chi connectivity index (χ3n) is 7.64. The molecule has 9 heteroatoms. The van der Waals surface area contributed by atoms with Gasteiger partial charge in [0, 0.05) is 37.1 Å². The van der Waals surface area contributed by atoms with E-state index in [1.165, 1.54) is 0 Å². The second-order valence-corrected chi connectivity index (χ2v) is 10.2. The summed E-state index contributed by atoms with van der Waals surface area (Å²) in [7, 11) is 2.14. The average Bonchev–Trinajstić information content (AvgIpc) is 3.67. The van der Waals surface area contributed by atoms with E-state index in [2.05, 4.69) is 29.0 Å². The van der Waals surface area contributed by atoms with Crippen LogP contribution in [0.15, 0.2) is 54.6 Å². The van der Waals surface area contributed by atoms with E-state index < -0.39 is 23.2 Å². The Labute approximate surface area is 222 Å². The van der Waals surface area contributed by atoms with Gasteiger partial charge < -0.3 is 19.3 Å². The van der Waals surface area contributed by atoms with E-state index in [0.29, 0.717) is 25.2 Å². The van der Waals surface area contributed by atoms with Gasteiger partial charge in [0.2, 0.25) is 5.91 Å². The monoisotopic (exact) mass is 518 g/mol. The number of fused-ring (bicyclic) bond motifs is 1. The fourth-order valence-electron chi connectivity index (χ4n) is 5.27. The third-order valence-corrected chi connectivity index (χ3v) is 7.64. The summed E-state index contributed by atoms with van der Waals surface area (Å²) in [5, 5.41) is 10.1. The van der Waals surface area contributed by atoms with E-state index in [4.69, 9.17) is 19.7 Å². The number of hydrogen-bond donors (Lipinski definition) is 2. The number of anilines is 1. The highest BCUT2D eigenvalue weighted by Gasteiger charge is 2.64. The molecule has 9 nitrogen and oxygen atoms in total. The first kappa shape index (κ1) is 25.9. The van der Waals surface area contributed by atoms with Crippen LogP contribution in [0.3, 0.4) is 0 Å². The second-order valence-electron chi connectivity index (χ2n) is 10.2. The molecule has 2 N–H and O–H groups in total. The fourth-order valence-corrected chi connectivity index (χ4v) is 5.27. The molecule has 2 fully saturated rings. The molecule has 1 aliphatic heterocycles. The fraction of sp³-hybridized carbons (Fsp3) is 0.414. The van der Waals surface area contributed by atoms with Crippen LogP contribution in [-0.4, -0.2) is 66.8 Å². The molecule has 0 radical (unpaired) electrons. The Bertz CT molecular complexity index is 1310. The number of benzene rings is 2. The molecule has 38 heavy (non-hydrogen) atoms. The molecule has 1 aliphatic carbocycles. The van der Waals surface area contributed by atoms with Crippen molar-refractivity contribution in [1.29, 1.82) is 0 Å². The van der Waals surface area contributed by atoms with Gasteiger partial charge in [0.05, 0.1) is 23.5 Å². The Hall–Kier alpha value is -3.69. The van der Waals surface area contributed by atoms with Gasteiger partial charge >= 0.3 is 5.97 Å². The SMILES string of the molecule is CCOC(=O)C1(Cc2ccc(OCc3cc(N4CCN(C)CC4)nc4ccccc34)cc2)CC1C(=O)NO. The Kier molecular flexibility index (Phi) is 7.49. The zero-order chi connectivity index (χ0) is 26.7. The number of carbonyl (C=O) groups excluding carboxylic acids is 2. The highest BCUT2D eigenvalue weighted by Crippen LogP contribution is 2.56. The lowest BCUT2D eigenvalue weighted by molar-refractivity contribution is -0.152. The van der Waals surface area contributed by atoms with Crippen LogP contribution in [0.2, 0.25) is 0 Å². The normalized spacial score (nSPS) is 21.2. The summed E-state index contributed by atoms with van der Waals surface area (Å²) in [5.74, 6) is 0.118. The second kappa shape index (κ2) is 11.0. The number of esters is 1. The Morgan fingerprint density at radius 3 is 2.55 bits per heavy atom. The van der Waals surface area contributed by atoms with Crippen molar-refractivity contribution in [2.45, 2.75) is 26.4 Å². The molecule has 5 rings (SSSR count). The number of hydroxylamine groups is 1. The number of likely N-dealkylation sites (N-methyl/N-ethyl adjacent to an activating group) is 1. The van der Waals surface area contributed by atoms with E-state index in [1.807, 2.05) is 42.5 Å². The van der Waals surface area contributed by atoms with Gasteiger partial charge in [0.1, 0.15) is 18.2 Å². The number of carbonyl (C=O) groups is 2. The lowest BCUT2D eigenvalue weighted by atomic mass is 9.93. The molecule has 2 unspecified atom stereocenters. The number of para-hydroxylation sites is 1. The standard InChI is InChI=1S/C29H34N4O5/c1-3-37-28(35)29(18-24(29)27(34)31-36)17-20-8-10-22(11-9-20)38-19-21-16-26(33-14-12-32(2)13-15-33)30-25-7-5-4-6-23(21)25/h4-11,16,24,36H,3,12-15,17-19H2,1-2H3,(H,31,34). The van der Waals surface area contributed by atoms with Crippen molar-refractivity contribution in [3.63, 3.8) is 0 Å². The summed E-state index contributed by atoms with van der Waals surface area (Å²) in [5.41, 5.74) is 3.65. The number of rotatable bonds is 9. The number of aromatic nitrogens is 1. The molecule has 0 spiro atoms. The quantitative estimate of drug-likeness (QED) is 0.253. The zero-order valence-electron chi connectivity index (χ0n) is 21.9. The van der Waals surface area contributed by atoms with Crippen LogP contribution in [0.4, 0.5) is 5.82 Å². The maximum atomic E-state index is 12.6. The third kappa shape index (κ3) is 5.30. The van der Waals surface area contributed by atoms with E-state index in [9.17, 15) is 9.59 Å². The molecule has 1 saturated heterocycles. The van der Waals surface area contributed by atoms with E-state index in [1.54, 1.807) is 12.4 Å². The van der Waals surface area contributed by atoms with Gasteiger partial charge in [0.25, 0.3) is 0 Å². The van der Waals surface area contributed by atoms with Crippen molar-refractivity contribution in [2.24, 2.45) is 11.3 Å². The Morgan fingerprint density at radius 2 is 1.84 bits per heavy atom. The number of pyridine rings is 1. The first-order chi connectivity index (χ1) is 18.4.